The molecule has 1 N–H and O–H groups in total. The van der Waals surface area contributed by atoms with Crippen molar-refractivity contribution in [2.24, 2.45) is 0 Å². The zero-order chi connectivity index (χ0) is 21.8. The normalized spacial score (nSPS) is 10.8. The predicted molar refractivity (Wildman–Crippen MR) is 112 cm³/mol. The van der Waals surface area contributed by atoms with Gasteiger partial charge in [-0.3, -0.25) is 9.36 Å². The average Bonchev–Trinajstić information content (AvgIpc) is 3.19. The fourth-order valence-electron chi connectivity index (χ4n) is 2.89. The standard InChI is InChI=1S/C22H15F3N4OS/c23-15-6-4-5-14(11-15)21-27-28-22(29(21)17-7-2-1-3-8-17)31-13-20(30)26-16-9-10-18(24)19(25)12-16/h1-12H,13H2,(H,26,30). The smallest absolute Gasteiger partial charge is 0.234 e. The number of nitrogens with zero attached hydrogens (tertiary/aromatic N) is 3. The Bertz CT molecular complexity index is 1230. The van der Waals surface area contributed by atoms with Gasteiger partial charge in [-0.25, -0.2) is 13.2 Å². The van der Waals surface area contributed by atoms with E-state index in [0.29, 0.717) is 16.5 Å². The molecule has 1 aromatic heterocycles. The number of hydrogen-bond acceptors (Lipinski definition) is 4. The number of anilines is 1. The zero-order valence-electron chi connectivity index (χ0n) is 15.9. The lowest BCUT2D eigenvalue weighted by molar-refractivity contribution is -0.113. The van der Waals surface area contributed by atoms with Crippen molar-refractivity contribution >= 4 is 23.4 Å². The van der Waals surface area contributed by atoms with E-state index in [0.717, 1.165) is 29.6 Å². The van der Waals surface area contributed by atoms with Gasteiger partial charge in [0.25, 0.3) is 0 Å². The fourth-order valence-corrected chi connectivity index (χ4v) is 3.64. The fraction of sp³-hybridized carbons (Fsp3) is 0.0455. The van der Waals surface area contributed by atoms with Crippen molar-refractivity contribution in [2.45, 2.75) is 5.16 Å². The second-order valence-corrected chi connectivity index (χ2v) is 7.40. The Labute approximate surface area is 179 Å². The molecule has 3 aromatic carbocycles. The molecule has 0 atom stereocenters. The van der Waals surface area contributed by atoms with Crippen molar-refractivity contribution in [3.05, 3.63) is 90.2 Å². The highest BCUT2D eigenvalue weighted by molar-refractivity contribution is 7.99. The number of nitrogens with one attached hydrogen (secondary N) is 1. The van der Waals surface area contributed by atoms with Crippen LogP contribution >= 0.6 is 11.8 Å². The van der Waals surface area contributed by atoms with Crippen LogP contribution in [0.4, 0.5) is 18.9 Å². The molecule has 0 unspecified atom stereocenters. The van der Waals surface area contributed by atoms with Gasteiger partial charge in [-0.2, -0.15) is 0 Å². The van der Waals surface area contributed by atoms with Gasteiger partial charge in [0.2, 0.25) is 5.91 Å². The number of para-hydroxylation sites is 1. The van der Waals surface area contributed by atoms with Crippen LogP contribution in [0.3, 0.4) is 0 Å². The van der Waals surface area contributed by atoms with Crippen molar-refractivity contribution in [2.75, 3.05) is 11.1 Å². The predicted octanol–water partition coefficient (Wildman–Crippen LogP) is 5.08. The number of benzene rings is 3. The summed E-state index contributed by atoms with van der Waals surface area (Å²) < 4.78 is 41.8. The van der Waals surface area contributed by atoms with E-state index in [-0.39, 0.29) is 11.4 Å². The summed E-state index contributed by atoms with van der Waals surface area (Å²) in [6.07, 6.45) is 0. The Balaban J connectivity index is 1.58. The monoisotopic (exact) mass is 440 g/mol. The molecule has 1 amide bonds. The lowest BCUT2D eigenvalue weighted by Crippen LogP contribution is -2.15. The Morgan fingerprint density at radius 3 is 2.45 bits per heavy atom. The lowest BCUT2D eigenvalue weighted by Gasteiger charge is -2.10. The molecule has 1 heterocycles. The molecular formula is C22H15F3N4OS. The molecule has 0 aliphatic heterocycles. The maximum Gasteiger partial charge on any atom is 0.234 e. The van der Waals surface area contributed by atoms with Crippen LogP contribution in [0, 0.1) is 17.5 Å². The van der Waals surface area contributed by atoms with Crippen molar-refractivity contribution in [1.29, 1.82) is 0 Å². The summed E-state index contributed by atoms with van der Waals surface area (Å²) in [5, 5.41) is 11.3. The molecule has 9 heteroatoms. The minimum Gasteiger partial charge on any atom is -0.325 e. The first kappa shape index (κ1) is 20.7. The van der Waals surface area contributed by atoms with Crippen molar-refractivity contribution in [1.82, 2.24) is 14.8 Å². The number of aromatic nitrogens is 3. The van der Waals surface area contributed by atoms with Crippen LogP contribution in [0.1, 0.15) is 0 Å². The SMILES string of the molecule is O=C(CSc1nnc(-c2cccc(F)c2)n1-c1ccccc1)Nc1ccc(F)c(F)c1. The topological polar surface area (TPSA) is 59.8 Å². The van der Waals surface area contributed by atoms with Crippen LogP contribution in [0.15, 0.2) is 78.0 Å². The number of thioether (sulfide) groups is 1. The van der Waals surface area contributed by atoms with E-state index in [4.69, 9.17) is 0 Å². The third-order valence-corrected chi connectivity index (χ3v) is 5.20. The summed E-state index contributed by atoms with van der Waals surface area (Å²) in [4.78, 5) is 12.3. The largest absolute Gasteiger partial charge is 0.325 e. The van der Waals surface area contributed by atoms with Crippen molar-refractivity contribution in [3.63, 3.8) is 0 Å². The van der Waals surface area contributed by atoms with E-state index >= 15 is 0 Å². The second-order valence-electron chi connectivity index (χ2n) is 6.45. The zero-order valence-corrected chi connectivity index (χ0v) is 16.7. The summed E-state index contributed by atoms with van der Waals surface area (Å²) in [6.45, 7) is 0. The molecule has 31 heavy (non-hydrogen) atoms. The highest BCUT2D eigenvalue weighted by Crippen LogP contribution is 2.28. The van der Waals surface area contributed by atoms with Gasteiger partial charge >= 0.3 is 0 Å². The maximum absolute atomic E-state index is 13.7. The van der Waals surface area contributed by atoms with E-state index in [9.17, 15) is 18.0 Å². The quantitative estimate of drug-likeness (QED) is 0.425. The van der Waals surface area contributed by atoms with Gasteiger partial charge in [-0.05, 0) is 36.4 Å². The molecule has 0 spiro atoms. The van der Waals surface area contributed by atoms with Crippen LogP contribution in [0.5, 0.6) is 0 Å². The lowest BCUT2D eigenvalue weighted by atomic mass is 10.2. The van der Waals surface area contributed by atoms with Gasteiger partial charge in [-0.15, -0.1) is 10.2 Å². The number of hydrogen-bond donors (Lipinski definition) is 1. The first-order valence-electron chi connectivity index (χ1n) is 9.16. The molecule has 4 rings (SSSR count). The minimum absolute atomic E-state index is 0.0485. The van der Waals surface area contributed by atoms with Gasteiger partial charge in [0, 0.05) is 23.0 Å². The van der Waals surface area contributed by atoms with Gasteiger partial charge in [0.1, 0.15) is 5.82 Å². The second kappa shape index (κ2) is 9.05. The molecule has 4 aromatic rings. The Hall–Kier alpha value is -3.59. The summed E-state index contributed by atoms with van der Waals surface area (Å²) in [5.41, 5.74) is 1.43. The molecule has 0 saturated carbocycles. The van der Waals surface area contributed by atoms with Gasteiger partial charge in [0.05, 0.1) is 5.75 Å². The molecule has 0 saturated heterocycles. The van der Waals surface area contributed by atoms with Gasteiger partial charge in [0.15, 0.2) is 22.6 Å². The molecule has 0 fully saturated rings. The summed E-state index contributed by atoms with van der Waals surface area (Å²) >= 11 is 1.11. The maximum atomic E-state index is 13.7. The number of carbonyl (C=O) groups is 1. The third-order valence-electron chi connectivity index (χ3n) is 4.27. The molecule has 0 aliphatic rings. The number of amides is 1. The van der Waals surface area contributed by atoms with Gasteiger partial charge < -0.3 is 5.32 Å². The number of carbonyl (C=O) groups excluding carboxylic acids is 1. The molecule has 5 nitrogen and oxygen atoms in total. The highest BCUT2D eigenvalue weighted by Gasteiger charge is 2.18. The van der Waals surface area contributed by atoms with E-state index in [1.165, 1.54) is 18.2 Å². The summed E-state index contributed by atoms with van der Waals surface area (Å²) in [7, 11) is 0. The van der Waals surface area contributed by atoms with Crippen LogP contribution in [-0.4, -0.2) is 26.4 Å². The molecule has 0 radical (unpaired) electrons. The van der Waals surface area contributed by atoms with E-state index in [2.05, 4.69) is 15.5 Å². The van der Waals surface area contributed by atoms with E-state index < -0.39 is 23.4 Å². The number of rotatable bonds is 6. The van der Waals surface area contributed by atoms with Crippen molar-refractivity contribution < 1.29 is 18.0 Å². The summed E-state index contributed by atoms with van der Waals surface area (Å²) in [6, 6.07) is 18.3. The first-order valence-corrected chi connectivity index (χ1v) is 10.1. The highest BCUT2D eigenvalue weighted by atomic mass is 32.2. The Morgan fingerprint density at radius 1 is 0.903 bits per heavy atom. The Kier molecular flexibility index (Phi) is 6.03. The van der Waals surface area contributed by atoms with Crippen LogP contribution in [-0.2, 0) is 4.79 Å². The van der Waals surface area contributed by atoms with Crippen LogP contribution in [0.25, 0.3) is 17.1 Å². The molecule has 0 aliphatic carbocycles. The minimum atomic E-state index is -1.05. The molecule has 0 bridgehead atoms. The molecule has 156 valence electrons. The third kappa shape index (κ3) is 4.77. The first-order chi connectivity index (χ1) is 15.0. The van der Waals surface area contributed by atoms with Crippen molar-refractivity contribution in [3.8, 4) is 17.1 Å². The summed E-state index contributed by atoms with van der Waals surface area (Å²) in [5.74, 6) is -2.49. The van der Waals surface area contributed by atoms with Crippen LogP contribution in [0.2, 0.25) is 0 Å². The average molecular weight is 440 g/mol. The van der Waals surface area contributed by atoms with E-state index in [1.54, 1.807) is 16.7 Å². The van der Waals surface area contributed by atoms with Gasteiger partial charge in [-0.1, -0.05) is 42.1 Å². The van der Waals surface area contributed by atoms with E-state index in [1.807, 2.05) is 30.3 Å². The van der Waals surface area contributed by atoms with Crippen LogP contribution < -0.4 is 5.32 Å². The number of halogens is 3. The molecular weight excluding hydrogens is 425 g/mol. The Morgan fingerprint density at radius 2 is 1.71 bits per heavy atom.